The Hall–Kier alpha value is -2.60. The van der Waals surface area contributed by atoms with Crippen LogP contribution < -0.4 is 10.2 Å². The molecule has 0 saturated carbocycles. The van der Waals surface area contributed by atoms with Gasteiger partial charge in [0.25, 0.3) is 11.6 Å². The van der Waals surface area contributed by atoms with Gasteiger partial charge in [0.2, 0.25) is 0 Å². The van der Waals surface area contributed by atoms with Gasteiger partial charge in [-0.3, -0.25) is 14.9 Å². The number of anilines is 2. The Morgan fingerprint density at radius 3 is 2.58 bits per heavy atom. The number of nitro groups is 1. The fourth-order valence-electron chi connectivity index (χ4n) is 2.85. The molecule has 3 rings (SSSR count). The van der Waals surface area contributed by atoms with Crippen molar-refractivity contribution in [3.8, 4) is 0 Å². The van der Waals surface area contributed by atoms with Crippen LogP contribution in [0.15, 0.2) is 42.5 Å². The van der Waals surface area contributed by atoms with Crippen molar-refractivity contribution in [2.75, 3.05) is 23.3 Å². The first-order chi connectivity index (χ1) is 11.6. The van der Waals surface area contributed by atoms with Gasteiger partial charge in [-0.15, -0.1) is 0 Å². The number of hydrogen-bond acceptors (Lipinski definition) is 4. The number of amides is 1. The molecule has 6 nitrogen and oxygen atoms in total. The number of benzene rings is 2. The van der Waals surface area contributed by atoms with Crippen LogP contribution in [-0.4, -0.2) is 23.9 Å². The number of hydrogen-bond donors (Lipinski definition) is 1. The summed E-state index contributed by atoms with van der Waals surface area (Å²) in [6.45, 7) is 1.88. The van der Waals surface area contributed by atoms with Crippen molar-refractivity contribution in [2.24, 2.45) is 0 Å². The zero-order valence-electron chi connectivity index (χ0n) is 12.9. The number of halogens is 1. The molecule has 1 aliphatic rings. The average molecular weight is 346 g/mol. The van der Waals surface area contributed by atoms with Crippen molar-refractivity contribution in [1.29, 1.82) is 0 Å². The third kappa shape index (κ3) is 3.33. The maximum atomic E-state index is 12.5. The number of rotatable bonds is 4. The van der Waals surface area contributed by atoms with Gasteiger partial charge < -0.3 is 10.2 Å². The molecule has 0 aliphatic carbocycles. The second-order valence-corrected chi connectivity index (χ2v) is 6.02. The molecule has 0 aromatic heterocycles. The van der Waals surface area contributed by atoms with E-state index in [-0.39, 0.29) is 16.3 Å². The molecule has 1 amide bonds. The van der Waals surface area contributed by atoms with E-state index in [0.717, 1.165) is 31.6 Å². The van der Waals surface area contributed by atoms with Crippen LogP contribution in [0.25, 0.3) is 0 Å². The van der Waals surface area contributed by atoms with Crippen LogP contribution in [0.5, 0.6) is 0 Å². The molecule has 2 aromatic rings. The number of nitrogens with zero attached hydrogens (tertiary/aromatic N) is 2. The standard InChI is InChI=1S/C17H16ClN3O3/c18-12-7-8-13(16(11-12)21(23)24)17(22)19-14-5-1-2-6-15(14)20-9-3-4-10-20/h1-2,5-8,11H,3-4,9-10H2,(H,19,22). The topological polar surface area (TPSA) is 75.5 Å². The molecule has 0 unspecified atom stereocenters. The number of carbonyl (C=O) groups is 1. The SMILES string of the molecule is O=C(Nc1ccccc1N1CCCC1)c1ccc(Cl)cc1[N+](=O)[O-]. The summed E-state index contributed by atoms with van der Waals surface area (Å²) in [4.78, 5) is 25.3. The highest BCUT2D eigenvalue weighted by molar-refractivity contribution is 6.31. The summed E-state index contributed by atoms with van der Waals surface area (Å²) in [5.41, 5.74) is 1.26. The molecule has 0 spiro atoms. The van der Waals surface area contributed by atoms with E-state index in [9.17, 15) is 14.9 Å². The van der Waals surface area contributed by atoms with Crippen molar-refractivity contribution in [3.63, 3.8) is 0 Å². The van der Waals surface area contributed by atoms with Crippen molar-refractivity contribution in [1.82, 2.24) is 0 Å². The van der Waals surface area contributed by atoms with Crippen molar-refractivity contribution < 1.29 is 9.72 Å². The Bertz CT molecular complexity index is 788. The maximum absolute atomic E-state index is 12.5. The molecular formula is C17H16ClN3O3. The Balaban J connectivity index is 1.90. The predicted octanol–water partition coefficient (Wildman–Crippen LogP) is 4.10. The lowest BCUT2D eigenvalue weighted by Gasteiger charge is -2.21. The summed E-state index contributed by atoms with van der Waals surface area (Å²) in [6.07, 6.45) is 2.23. The molecule has 24 heavy (non-hydrogen) atoms. The fourth-order valence-corrected chi connectivity index (χ4v) is 3.02. The van der Waals surface area contributed by atoms with Gasteiger partial charge in [-0.05, 0) is 37.1 Å². The van der Waals surface area contributed by atoms with Gasteiger partial charge in [-0.25, -0.2) is 0 Å². The molecule has 1 saturated heterocycles. The lowest BCUT2D eigenvalue weighted by Crippen LogP contribution is -2.21. The van der Waals surface area contributed by atoms with E-state index in [1.165, 1.54) is 18.2 Å². The molecule has 1 fully saturated rings. The highest BCUT2D eigenvalue weighted by Gasteiger charge is 2.22. The van der Waals surface area contributed by atoms with Crippen molar-refractivity contribution >= 4 is 34.6 Å². The lowest BCUT2D eigenvalue weighted by atomic mass is 10.1. The van der Waals surface area contributed by atoms with Crippen LogP contribution in [0, 0.1) is 10.1 Å². The molecule has 0 bridgehead atoms. The molecule has 0 radical (unpaired) electrons. The summed E-state index contributed by atoms with van der Waals surface area (Å²) in [7, 11) is 0. The second-order valence-electron chi connectivity index (χ2n) is 5.58. The fraction of sp³-hybridized carbons (Fsp3) is 0.235. The number of nitrogens with one attached hydrogen (secondary N) is 1. The molecule has 7 heteroatoms. The summed E-state index contributed by atoms with van der Waals surface area (Å²) < 4.78 is 0. The van der Waals surface area contributed by atoms with Gasteiger partial charge >= 0.3 is 0 Å². The minimum absolute atomic E-state index is 0.0133. The quantitative estimate of drug-likeness (QED) is 0.668. The van der Waals surface area contributed by atoms with E-state index < -0.39 is 10.8 Å². The first kappa shape index (κ1) is 16.3. The lowest BCUT2D eigenvalue weighted by molar-refractivity contribution is -0.385. The average Bonchev–Trinajstić information content (AvgIpc) is 3.09. The number of nitro benzene ring substituents is 1. The van der Waals surface area contributed by atoms with E-state index in [1.54, 1.807) is 6.07 Å². The van der Waals surface area contributed by atoms with Crippen LogP contribution in [0.3, 0.4) is 0 Å². The second kappa shape index (κ2) is 6.88. The van der Waals surface area contributed by atoms with E-state index in [1.807, 2.05) is 18.2 Å². The van der Waals surface area contributed by atoms with E-state index >= 15 is 0 Å². The normalized spacial score (nSPS) is 13.8. The van der Waals surface area contributed by atoms with E-state index in [2.05, 4.69) is 10.2 Å². The highest BCUT2D eigenvalue weighted by atomic mass is 35.5. The summed E-state index contributed by atoms with van der Waals surface area (Å²) in [6, 6.07) is 11.5. The Kier molecular flexibility index (Phi) is 4.66. The van der Waals surface area contributed by atoms with E-state index in [4.69, 9.17) is 11.6 Å². The third-order valence-corrected chi connectivity index (χ3v) is 4.24. The van der Waals surface area contributed by atoms with Crippen LogP contribution in [-0.2, 0) is 0 Å². The van der Waals surface area contributed by atoms with Crippen LogP contribution >= 0.6 is 11.6 Å². The Labute approximate surface area is 144 Å². The van der Waals surface area contributed by atoms with Gasteiger partial charge in [0.1, 0.15) is 5.56 Å². The molecule has 1 aliphatic heterocycles. The third-order valence-electron chi connectivity index (χ3n) is 4.00. The van der Waals surface area contributed by atoms with Crippen molar-refractivity contribution in [3.05, 3.63) is 63.2 Å². The predicted molar refractivity (Wildman–Crippen MR) is 93.9 cm³/mol. The highest BCUT2D eigenvalue weighted by Crippen LogP contribution is 2.30. The molecular weight excluding hydrogens is 330 g/mol. The Morgan fingerprint density at radius 1 is 1.17 bits per heavy atom. The smallest absolute Gasteiger partial charge is 0.283 e. The molecule has 1 heterocycles. The van der Waals surface area contributed by atoms with Gasteiger partial charge in [0, 0.05) is 24.2 Å². The molecule has 124 valence electrons. The maximum Gasteiger partial charge on any atom is 0.283 e. The first-order valence-corrected chi connectivity index (χ1v) is 8.03. The molecule has 2 aromatic carbocycles. The number of carbonyl (C=O) groups excluding carboxylic acids is 1. The molecule has 1 N–H and O–H groups in total. The minimum Gasteiger partial charge on any atom is -0.370 e. The van der Waals surface area contributed by atoms with Gasteiger partial charge in [-0.1, -0.05) is 23.7 Å². The molecule has 0 atom stereocenters. The van der Waals surface area contributed by atoms with Gasteiger partial charge in [-0.2, -0.15) is 0 Å². The monoisotopic (exact) mass is 345 g/mol. The van der Waals surface area contributed by atoms with Crippen LogP contribution in [0.4, 0.5) is 17.1 Å². The Morgan fingerprint density at radius 2 is 1.88 bits per heavy atom. The summed E-state index contributed by atoms with van der Waals surface area (Å²) >= 11 is 5.79. The van der Waals surface area contributed by atoms with Gasteiger partial charge in [0.15, 0.2) is 0 Å². The first-order valence-electron chi connectivity index (χ1n) is 7.65. The van der Waals surface area contributed by atoms with Crippen LogP contribution in [0.1, 0.15) is 23.2 Å². The summed E-state index contributed by atoms with van der Waals surface area (Å²) in [5, 5.41) is 14.2. The van der Waals surface area contributed by atoms with Gasteiger partial charge in [0.05, 0.1) is 16.3 Å². The van der Waals surface area contributed by atoms with E-state index in [0.29, 0.717) is 5.69 Å². The largest absolute Gasteiger partial charge is 0.370 e. The zero-order valence-corrected chi connectivity index (χ0v) is 13.6. The van der Waals surface area contributed by atoms with Crippen LogP contribution in [0.2, 0.25) is 5.02 Å². The summed E-state index contributed by atoms with van der Waals surface area (Å²) in [5.74, 6) is -0.523. The minimum atomic E-state index is -0.604. The van der Waals surface area contributed by atoms with Crippen molar-refractivity contribution in [2.45, 2.75) is 12.8 Å². The number of para-hydroxylation sites is 2. The zero-order chi connectivity index (χ0) is 17.1.